The van der Waals surface area contributed by atoms with E-state index in [9.17, 15) is 8.42 Å². The summed E-state index contributed by atoms with van der Waals surface area (Å²) >= 11 is 0. The Morgan fingerprint density at radius 3 is 2.57 bits per heavy atom. The molecular formula is C7H10N2O4S. The van der Waals surface area contributed by atoms with Gasteiger partial charge in [-0.3, -0.25) is 4.55 Å². The number of nitrogens with one attached hydrogen (secondary N) is 2. The predicted octanol–water partition coefficient (Wildman–Crippen LogP) is 0.414. The van der Waals surface area contributed by atoms with Crippen LogP contribution in [0.15, 0.2) is 24.3 Å². The number of benzene rings is 1. The van der Waals surface area contributed by atoms with Crippen LogP contribution in [0.5, 0.6) is 5.75 Å². The minimum Gasteiger partial charge on any atom is -0.495 e. The smallest absolute Gasteiger partial charge is 0.350 e. The number of methoxy groups -OCH3 is 1. The molecule has 0 saturated carbocycles. The molecule has 0 unspecified atom stereocenters. The van der Waals surface area contributed by atoms with Crippen molar-refractivity contribution in [1.29, 1.82) is 0 Å². The number of hydrogen-bond acceptors (Lipinski definition) is 4. The molecule has 0 aromatic heterocycles. The molecule has 0 heterocycles. The van der Waals surface area contributed by atoms with E-state index >= 15 is 0 Å². The van der Waals surface area contributed by atoms with Gasteiger partial charge in [0, 0.05) is 0 Å². The molecule has 0 aliphatic carbocycles. The molecule has 1 aromatic carbocycles. The molecule has 0 fully saturated rings. The molecule has 7 heteroatoms. The van der Waals surface area contributed by atoms with Gasteiger partial charge in [-0.05, 0) is 12.1 Å². The zero-order valence-electron chi connectivity index (χ0n) is 7.39. The van der Waals surface area contributed by atoms with Crippen molar-refractivity contribution in [3.05, 3.63) is 24.3 Å². The first kappa shape index (κ1) is 10.8. The standard InChI is InChI=1S/C7H10N2O4S/c1-13-7-5-3-2-4-6(7)8-9-14(10,11)12/h2-5,8-9H,1H3,(H,10,11,12). The molecular weight excluding hydrogens is 208 g/mol. The highest BCUT2D eigenvalue weighted by atomic mass is 32.2. The molecule has 0 atom stereocenters. The second kappa shape index (κ2) is 4.27. The summed E-state index contributed by atoms with van der Waals surface area (Å²) in [5.41, 5.74) is 2.70. The maximum absolute atomic E-state index is 10.3. The molecule has 14 heavy (non-hydrogen) atoms. The first-order chi connectivity index (χ1) is 6.53. The van der Waals surface area contributed by atoms with Gasteiger partial charge in [-0.15, -0.1) is 4.83 Å². The van der Waals surface area contributed by atoms with E-state index in [0.29, 0.717) is 11.4 Å². The van der Waals surface area contributed by atoms with Gasteiger partial charge in [0.05, 0.1) is 12.8 Å². The number of ether oxygens (including phenoxy) is 1. The number of hydrazine groups is 1. The second-order valence-corrected chi connectivity index (χ2v) is 3.56. The van der Waals surface area contributed by atoms with E-state index in [1.165, 1.54) is 7.11 Å². The van der Waals surface area contributed by atoms with E-state index in [4.69, 9.17) is 9.29 Å². The summed E-state index contributed by atoms with van der Waals surface area (Å²) < 4.78 is 34.0. The summed E-state index contributed by atoms with van der Waals surface area (Å²) in [6, 6.07) is 6.67. The third-order valence-electron chi connectivity index (χ3n) is 1.42. The van der Waals surface area contributed by atoms with Crippen molar-refractivity contribution in [2.75, 3.05) is 12.5 Å². The molecule has 78 valence electrons. The van der Waals surface area contributed by atoms with Crippen LogP contribution in [0.25, 0.3) is 0 Å². The molecule has 3 N–H and O–H groups in total. The van der Waals surface area contributed by atoms with Gasteiger partial charge >= 0.3 is 10.3 Å². The van der Waals surface area contributed by atoms with Crippen molar-refractivity contribution >= 4 is 16.0 Å². The number of para-hydroxylation sites is 2. The Balaban J connectivity index is 2.76. The predicted molar refractivity (Wildman–Crippen MR) is 51.3 cm³/mol. The summed E-state index contributed by atoms with van der Waals surface area (Å²) in [4.78, 5) is 1.71. The van der Waals surface area contributed by atoms with Crippen LogP contribution in [0.4, 0.5) is 5.69 Å². The fourth-order valence-electron chi connectivity index (χ4n) is 0.867. The van der Waals surface area contributed by atoms with Crippen molar-refractivity contribution in [2.45, 2.75) is 0 Å². The molecule has 6 nitrogen and oxygen atoms in total. The van der Waals surface area contributed by atoms with Crippen LogP contribution in [0.2, 0.25) is 0 Å². The fraction of sp³-hybridized carbons (Fsp3) is 0.143. The highest BCUT2D eigenvalue weighted by Gasteiger charge is 2.04. The summed E-state index contributed by atoms with van der Waals surface area (Å²) in [6.07, 6.45) is 0. The van der Waals surface area contributed by atoms with Gasteiger partial charge < -0.3 is 10.2 Å². The van der Waals surface area contributed by atoms with Crippen LogP contribution in [-0.2, 0) is 10.3 Å². The Morgan fingerprint density at radius 1 is 1.36 bits per heavy atom. The van der Waals surface area contributed by atoms with Gasteiger partial charge in [-0.2, -0.15) is 8.42 Å². The molecule has 0 spiro atoms. The quantitative estimate of drug-likeness (QED) is 0.503. The number of rotatable bonds is 4. The lowest BCUT2D eigenvalue weighted by molar-refractivity contribution is 0.416. The SMILES string of the molecule is COc1ccccc1NNS(=O)(=O)O. The Labute approximate surface area is 81.7 Å². The first-order valence-electron chi connectivity index (χ1n) is 3.66. The van der Waals surface area contributed by atoms with Crippen LogP contribution in [-0.4, -0.2) is 20.1 Å². The van der Waals surface area contributed by atoms with Gasteiger partial charge in [0.1, 0.15) is 5.75 Å². The average Bonchev–Trinajstić information content (AvgIpc) is 2.14. The Kier molecular flexibility index (Phi) is 3.28. The van der Waals surface area contributed by atoms with E-state index in [2.05, 4.69) is 5.43 Å². The zero-order valence-corrected chi connectivity index (χ0v) is 8.21. The lowest BCUT2D eigenvalue weighted by Crippen LogP contribution is -2.28. The van der Waals surface area contributed by atoms with Crippen LogP contribution in [0.1, 0.15) is 0 Å². The molecule has 0 radical (unpaired) electrons. The first-order valence-corrected chi connectivity index (χ1v) is 5.10. The van der Waals surface area contributed by atoms with Gasteiger partial charge in [0.25, 0.3) is 0 Å². The van der Waals surface area contributed by atoms with E-state index in [-0.39, 0.29) is 0 Å². The van der Waals surface area contributed by atoms with Gasteiger partial charge in [0.15, 0.2) is 0 Å². The summed E-state index contributed by atoms with van der Waals surface area (Å²) in [5.74, 6) is 0.462. The monoisotopic (exact) mass is 218 g/mol. The Hall–Kier alpha value is -1.31. The molecule has 0 saturated heterocycles. The fourth-order valence-corrected chi connectivity index (χ4v) is 1.11. The lowest BCUT2D eigenvalue weighted by atomic mass is 10.3. The van der Waals surface area contributed by atoms with Gasteiger partial charge in [-0.1, -0.05) is 12.1 Å². The lowest BCUT2D eigenvalue weighted by Gasteiger charge is -2.09. The summed E-state index contributed by atoms with van der Waals surface area (Å²) in [6.45, 7) is 0. The molecule has 1 rings (SSSR count). The maximum Gasteiger partial charge on any atom is 0.350 e. The van der Waals surface area contributed by atoms with Crippen LogP contribution in [0, 0.1) is 0 Å². The number of hydrogen-bond donors (Lipinski definition) is 3. The van der Waals surface area contributed by atoms with E-state index in [0.717, 1.165) is 0 Å². The molecule has 0 bridgehead atoms. The minimum absolute atomic E-state index is 0.410. The van der Waals surface area contributed by atoms with E-state index in [1.807, 2.05) is 0 Å². The Bertz CT molecular complexity index is 404. The Morgan fingerprint density at radius 2 is 2.00 bits per heavy atom. The zero-order chi connectivity index (χ0) is 10.6. The third kappa shape index (κ3) is 3.21. The van der Waals surface area contributed by atoms with Crippen molar-refractivity contribution in [1.82, 2.24) is 4.83 Å². The van der Waals surface area contributed by atoms with E-state index < -0.39 is 10.3 Å². The van der Waals surface area contributed by atoms with Crippen molar-refractivity contribution < 1.29 is 17.7 Å². The van der Waals surface area contributed by atoms with Crippen LogP contribution < -0.4 is 15.0 Å². The van der Waals surface area contributed by atoms with Gasteiger partial charge in [-0.25, -0.2) is 0 Å². The molecule has 0 aliphatic rings. The van der Waals surface area contributed by atoms with Crippen LogP contribution in [0.3, 0.4) is 0 Å². The normalized spacial score (nSPS) is 11.0. The maximum atomic E-state index is 10.3. The van der Waals surface area contributed by atoms with E-state index in [1.54, 1.807) is 29.1 Å². The van der Waals surface area contributed by atoms with Crippen LogP contribution >= 0.6 is 0 Å². The summed E-state index contributed by atoms with van der Waals surface area (Å²) in [5, 5.41) is 0. The molecule has 1 aromatic rings. The number of anilines is 1. The highest BCUT2D eigenvalue weighted by Crippen LogP contribution is 2.21. The van der Waals surface area contributed by atoms with Gasteiger partial charge in [0.2, 0.25) is 0 Å². The summed E-state index contributed by atoms with van der Waals surface area (Å²) in [7, 11) is -2.81. The average molecular weight is 218 g/mol. The minimum atomic E-state index is -4.26. The molecule has 0 amide bonds. The molecule has 0 aliphatic heterocycles. The largest absolute Gasteiger partial charge is 0.495 e. The second-order valence-electron chi connectivity index (χ2n) is 2.40. The van der Waals surface area contributed by atoms with Crippen molar-refractivity contribution in [3.8, 4) is 5.75 Å². The third-order valence-corrected chi connectivity index (χ3v) is 1.78. The highest BCUT2D eigenvalue weighted by molar-refractivity contribution is 7.83. The van der Waals surface area contributed by atoms with Crippen molar-refractivity contribution in [2.24, 2.45) is 0 Å². The topological polar surface area (TPSA) is 87.7 Å². The van der Waals surface area contributed by atoms with Crippen molar-refractivity contribution in [3.63, 3.8) is 0 Å².